The summed E-state index contributed by atoms with van der Waals surface area (Å²) in [6, 6.07) is 0. The molecule has 0 unspecified atom stereocenters. The maximum atomic E-state index is 11.4. The van der Waals surface area contributed by atoms with Gasteiger partial charge >= 0.3 is 73.8 Å². The third-order valence-corrected chi connectivity index (χ3v) is 3.46. The van der Waals surface area contributed by atoms with Gasteiger partial charge in [-0.25, -0.2) is 0 Å². The molecular formula is C8H18AsNO. The standard InChI is InChI=1S/C8H18AsNO/c1-5-10(6-2)8(11)7-9(3)4/h5-7H2,1-4H3. The van der Waals surface area contributed by atoms with Crippen LogP contribution in [0.2, 0.25) is 16.6 Å². The van der Waals surface area contributed by atoms with E-state index >= 15 is 0 Å². The molecule has 0 N–H and O–H groups in total. The van der Waals surface area contributed by atoms with E-state index in [2.05, 4.69) is 11.4 Å². The first kappa shape index (κ1) is 11.0. The Labute approximate surface area is 74.2 Å². The second-order valence-corrected chi connectivity index (χ2v) is 8.00. The van der Waals surface area contributed by atoms with Gasteiger partial charge in [0.25, 0.3) is 0 Å². The van der Waals surface area contributed by atoms with E-state index in [1.54, 1.807) is 0 Å². The van der Waals surface area contributed by atoms with Crippen molar-refractivity contribution in [2.24, 2.45) is 0 Å². The van der Waals surface area contributed by atoms with Crippen molar-refractivity contribution in [2.45, 2.75) is 30.5 Å². The van der Waals surface area contributed by atoms with E-state index in [1.165, 1.54) is 0 Å². The molecule has 1 amide bonds. The first-order valence-corrected chi connectivity index (χ1v) is 9.12. The summed E-state index contributed by atoms with van der Waals surface area (Å²) in [4.78, 5) is 13.3. The van der Waals surface area contributed by atoms with E-state index in [4.69, 9.17) is 0 Å². The molecule has 2 nitrogen and oxygen atoms in total. The van der Waals surface area contributed by atoms with Gasteiger partial charge in [0.1, 0.15) is 0 Å². The normalized spacial score (nSPS) is 10.3. The van der Waals surface area contributed by atoms with Gasteiger partial charge in [-0.2, -0.15) is 0 Å². The quantitative estimate of drug-likeness (QED) is 0.658. The van der Waals surface area contributed by atoms with Crippen LogP contribution >= 0.6 is 0 Å². The molecule has 0 rings (SSSR count). The molecule has 0 aromatic carbocycles. The van der Waals surface area contributed by atoms with E-state index in [1.807, 2.05) is 18.7 Å². The minimum absolute atomic E-state index is 0.347. The van der Waals surface area contributed by atoms with Crippen LogP contribution in [0.1, 0.15) is 13.8 Å². The third kappa shape index (κ3) is 4.47. The van der Waals surface area contributed by atoms with Crippen molar-refractivity contribution in [1.29, 1.82) is 0 Å². The minimum atomic E-state index is -0.763. The van der Waals surface area contributed by atoms with E-state index in [9.17, 15) is 4.79 Å². The summed E-state index contributed by atoms with van der Waals surface area (Å²) in [5, 5.41) is 0.828. The summed E-state index contributed by atoms with van der Waals surface area (Å²) in [6.07, 6.45) is 0. The van der Waals surface area contributed by atoms with Crippen LogP contribution in [0, 0.1) is 0 Å². The van der Waals surface area contributed by atoms with Crippen LogP contribution in [0.3, 0.4) is 0 Å². The van der Waals surface area contributed by atoms with Crippen LogP contribution in [0.25, 0.3) is 0 Å². The van der Waals surface area contributed by atoms with Gasteiger partial charge in [0.05, 0.1) is 0 Å². The van der Waals surface area contributed by atoms with Crippen LogP contribution < -0.4 is 0 Å². The number of carbonyl (C=O) groups excluding carboxylic acids is 1. The van der Waals surface area contributed by atoms with E-state index in [0.717, 1.165) is 18.3 Å². The average molecular weight is 219 g/mol. The van der Waals surface area contributed by atoms with Gasteiger partial charge in [-0.05, 0) is 0 Å². The van der Waals surface area contributed by atoms with Crippen LogP contribution in [0.15, 0.2) is 0 Å². The fourth-order valence-corrected chi connectivity index (χ4v) is 2.50. The van der Waals surface area contributed by atoms with Crippen LogP contribution in [0.5, 0.6) is 0 Å². The molecule has 0 spiro atoms. The first-order chi connectivity index (χ1) is 5.11. The molecule has 66 valence electrons. The van der Waals surface area contributed by atoms with Gasteiger partial charge in [-0.3, -0.25) is 0 Å². The molecule has 0 aliphatic carbocycles. The molecule has 0 aromatic rings. The van der Waals surface area contributed by atoms with Crippen molar-refractivity contribution in [3.8, 4) is 0 Å². The number of rotatable bonds is 4. The summed E-state index contributed by atoms with van der Waals surface area (Å²) < 4.78 is 0. The number of hydrogen-bond donors (Lipinski definition) is 0. The summed E-state index contributed by atoms with van der Waals surface area (Å²) in [7, 11) is 0. The van der Waals surface area contributed by atoms with Gasteiger partial charge in [0.15, 0.2) is 0 Å². The van der Waals surface area contributed by atoms with E-state index in [-0.39, 0.29) is 0 Å². The zero-order valence-corrected chi connectivity index (χ0v) is 9.80. The van der Waals surface area contributed by atoms with Crippen LogP contribution in [0.4, 0.5) is 0 Å². The summed E-state index contributed by atoms with van der Waals surface area (Å²) in [5.41, 5.74) is 4.43. The molecule has 0 fully saturated rings. The second-order valence-electron chi connectivity index (χ2n) is 2.80. The zero-order valence-electron chi connectivity index (χ0n) is 7.92. The number of carbonyl (C=O) groups is 1. The monoisotopic (exact) mass is 219 g/mol. The Balaban J connectivity index is 3.79. The Bertz CT molecular complexity index is 121. The third-order valence-electron chi connectivity index (χ3n) is 1.57. The molecule has 0 aliphatic rings. The topological polar surface area (TPSA) is 20.3 Å². The average Bonchev–Trinajstić information content (AvgIpc) is 1.88. The Morgan fingerprint density at radius 3 is 2.00 bits per heavy atom. The molecule has 0 bridgehead atoms. The summed E-state index contributed by atoms with van der Waals surface area (Å²) in [6.45, 7) is 5.78. The summed E-state index contributed by atoms with van der Waals surface area (Å²) >= 11 is -0.763. The molecule has 0 aliphatic heterocycles. The van der Waals surface area contributed by atoms with Gasteiger partial charge in [0, 0.05) is 0 Å². The second kappa shape index (κ2) is 5.65. The van der Waals surface area contributed by atoms with Gasteiger partial charge < -0.3 is 0 Å². The number of nitrogens with zero attached hydrogens (tertiary/aromatic N) is 1. The van der Waals surface area contributed by atoms with Gasteiger partial charge in [-0.1, -0.05) is 0 Å². The molecular weight excluding hydrogens is 201 g/mol. The number of hydrogen-bond acceptors (Lipinski definition) is 1. The van der Waals surface area contributed by atoms with Crippen molar-refractivity contribution in [3.63, 3.8) is 0 Å². The predicted octanol–water partition coefficient (Wildman–Crippen LogP) is 1.61. The van der Waals surface area contributed by atoms with E-state index in [0.29, 0.717) is 5.91 Å². The maximum absolute atomic E-state index is 11.4. The molecule has 0 aromatic heterocycles. The molecule has 0 saturated heterocycles. The Morgan fingerprint density at radius 1 is 1.27 bits per heavy atom. The molecule has 11 heavy (non-hydrogen) atoms. The van der Waals surface area contributed by atoms with E-state index < -0.39 is 14.7 Å². The van der Waals surface area contributed by atoms with Gasteiger partial charge in [-0.15, -0.1) is 0 Å². The molecule has 0 radical (unpaired) electrons. The molecule has 0 saturated carbocycles. The fraction of sp³-hybridized carbons (Fsp3) is 0.875. The summed E-state index contributed by atoms with van der Waals surface area (Å²) in [5.74, 6) is 0.347. The molecule has 0 atom stereocenters. The van der Waals surface area contributed by atoms with Crippen molar-refractivity contribution in [2.75, 3.05) is 13.1 Å². The first-order valence-electron chi connectivity index (χ1n) is 4.04. The molecule has 3 heteroatoms. The van der Waals surface area contributed by atoms with Crippen molar-refractivity contribution in [3.05, 3.63) is 0 Å². The Morgan fingerprint density at radius 2 is 1.73 bits per heavy atom. The van der Waals surface area contributed by atoms with Crippen LogP contribution in [-0.4, -0.2) is 38.5 Å². The SMILES string of the molecule is CCN(CC)C(=O)C[As](C)C. The predicted molar refractivity (Wildman–Crippen MR) is 50.2 cm³/mol. The Kier molecular flexibility index (Phi) is 5.66. The fourth-order valence-electron chi connectivity index (χ4n) is 0.947. The zero-order chi connectivity index (χ0) is 8.85. The molecule has 0 heterocycles. The Hall–Kier alpha value is 0.0284. The van der Waals surface area contributed by atoms with Gasteiger partial charge in [0.2, 0.25) is 0 Å². The van der Waals surface area contributed by atoms with Crippen molar-refractivity contribution < 1.29 is 4.79 Å². The number of amides is 1. The van der Waals surface area contributed by atoms with Crippen molar-refractivity contribution >= 4 is 20.6 Å². The van der Waals surface area contributed by atoms with Crippen LogP contribution in [-0.2, 0) is 4.79 Å². The van der Waals surface area contributed by atoms with Crippen molar-refractivity contribution in [1.82, 2.24) is 4.90 Å².